The normalized spacial score (nSPS) is 10.2. The van der Waals surface area contributed by atoms with Crippen LogP contribution in [-0.4, -0.2) is 17.1 Å². The maximum atomic E-state index is 5.32. The number of hydrazine groups is 1. The lowest BCUT2D eigenvalue weighted by atomic mass is 10.1. The summed E-state index contributed by atoms with van der Waals surface area (Å²) in [4.78, 5) is 8.00. The number of aromatic nitrogens is 2. The highest BCUT2D eigenvalue weighted by Gasteiger charge is 2.14. The second kappa shape index (κ2) is 4.04. The van der Waals surface area contributed by atoms with E-state index in [4.69, 9.17) is 10.6 Å². The average molecular weight is 182 g/mol. The third kappa shape index (κ3) is 1.86. The van der Waals surface area contributed by atoms with Crippen LogP contribution in [0, 0.1) is 0 Å². The molecule has 0 aromatic carbocycles. The van der Waals surface area contributed by atoms with Crippen LogP contribution in [-0.2, 0) is 0 Å². The fourth-order valence-corrected chi connectivity index (χ4v) is 1.18. The molecule has 0 radical (unpaired) electrons. The SMILES string of the molecule is COc1ncnc(NN)c1C(C)C. The van der Waals surface area contributed by atoms with E-state index in [1.165, 1.54) is 6.33 Å². The van der Waals surface area contributed by atoms with E-state index in [1.54, 1.807) is 7.11 Å². The Morgan fingerprint density at radius 1 is 1.46 bits per heavy atom. The number of nitrogens with two attached hydrogens (primary N) is 1. The van der Waals surface area contributed by atoms with Crippen molar-refractivity contribution < 1.29 is 4.74 Å². The standard InChI is InChI=1S/C8H14N4O/c1-5(2)6-7(12-9)10-4-11-8(6)13-3/h4-5H,9H2,1-3H3,(H,10,11,12). The number of methoxy groups -OCH3 is 1. The Balaban J connectivity index is 3.21. The quantitative estimate of drug-likeness (QED) is 0.536. The van der Waals surface area contributed by atoms with E-state index in [1.807, 2.05) is 13.8 Å². The number of hydrogen-bond donors (Lipinski definition) is 2. The Morgan fingerprint density at radius 2 is 2.15 bits per heavy atom. The zero-order valence-electron chi connectivity index (χ0n) is 8.03. The molecule has 0 unspecified atom stereocenters. The second-order valence-corrected chi connectivity index (χ2v) is 2.94. The molecule has 0 aliphatic heterocycles. The van der Waals surface area contributed by atoms with Gasteiger partial charge in [0.15, 0.2) is 5.82 Å². The predicted molar refractivity (Wildman–Crippen MR) is 50.5 cm³/mol. The maximum absolute atomic E-state index is 5.32. The van der Waals surface area contributed by atoms with Gasteiger partial charge in [0.2, 0.25) is 5.88 Å². The van der Waals surface area contributed by atoms with Crippen LogP contribution >= 0.6 is 0 Å². The van der Waals surface area contributed by atoms with E-state index in [-0.39, 0.29) is 5.92 Å². The van der Waals surface area contributed by atoms with Crippen molar-refractivity contribution >= 4 is 5.82 Å². The van der Waals surface area contributed by atoms with Gasteiger partial charge in [-0.25, -0.2) is 15.8 Å². The molecule has 0 bridgehead atoms. The van der Waals surface area contributed by atoms with E-state index in [2.05, 4.69) is 15.4 Å². The highest BCUT2D eigenvalue weighted by atomic mass is 16.5. The molecule has 1 rings (SSSR count). The molecule has 0 spiro atoms. The average Bonchev–Trinajstić information content (AvgIpc) is 2.16. The van der Waals surface area contributed by atoms with Crippen LogP contribution in [0.1, 0.15) is 25.3 Å². The first-order valence-electron chi connectivity index (χ1n) is 4.06. The summed E-state index contributed by atoms with van der Waals surface area (Å²) >= 11 is 0. The van der Waals surface area contributed by atoms with E-state index in [0.717, 1.165) is 5.56 Å². The minimum atomic E-state index is 0.266. The highest BCUT2D eigenvalue weighted by Crippen LogP contribution is 2.28. The molecule has 3 N–H and O–H groups in total. The summed E-state index contributed by atoms with van der Waals surface area (Å²) in [6, 6.07) is 0. The maximum Gasteiger partial charge on any atom is 0.221 e. The van der Waals surface area contributed by atoms with Gasteiger partial charge in [0, 0.05) is 0 Å². The van der Waals surface area contributed by atoms with Crippen molar-refractivity contribution in [2.75, 3.05) is 12.5 Å². The largest absolute Gasteiger partial charge is 0.481 e. The van der Waals surface area contributed by atoms with Crippen LogP contribution in [0.15, 0.2) is 6.33 Å². The Hall–Kier alpha value is -1.36. The highest BCUT2D eigenvalue weighted by molar-refractivity contribution is 5.49. The Bertz CT molecular complexity index is 265. The van der Waals surface area contributed by atoms with Gasteiger partial charge in [-0.1, -0.05) is 13.8 Å². The molecule has 0 atom stereocenters. The number of nitrogen functional groups attached to an aromatic ring is 1. The zero-order valence-corrected chi connectivity index (χ0v) is 8.03. The van der Waals surface area contributed by atoms with Gasteiger partial charge in [0.1, 0.15) is 6.33 Å². The Kier molecular flexibility index (Phi) is 3.02. The lowest BCUT2D eigenvalue weighted by molar-refractivity contribution is 0.389. The second-order valence-electron chi connectivity index (χ2n) is 2.94. The summed E-state index contributed by atoms with van der Waals surface area (Å²) in [6.45, 7) is 4.06. The first-order valence-corrected chi connectivity index (χ1v) is 4.06. The lowest BCUT2D eigenvalue weighted by Crippen LogP contribution is -2.13. The molecule has 1 aromatic heterocycles. The van der Waals surface area contributed by atoms with Gasteiger partial charge in [0.05, 0.1) is 12.7 Å². The lowest BCUT2D eigenvalue weighted by Gasteiger charge is -2.13. The van der Waals surface area contributed by atoms with Gasteiger partial charge in [-0.2, -0.15) is 0 Å². The molecule has 0 aliphatic carbocycles. The number of rotatable bonds is 3. The van der Waals surface area contributed by atoms with Gasteiger partial charge in [-0.05, 0) is 5.92 Å². The van der Waals surface area contributed by atoms with Crippen LogP contribution in [0.25, 0.3) is 0 Å². The third-order valence-corrected chi connectivity index (χ3v) is 1.75. The summed E-state index contributed by atoms with van der Waals surface area (Å²) in [5.74, 6) is 6.76. The van der Waals surface area contributed by atoms with Gasteiger partial charge >= 0.3 is 0 Å². The molecule has 5 heteroatoms. The molecule has 5 nitrogen and oxygen atoms in total. The van der Waals surface area contributed by atoms with E-state index in [0.29, 0.717) is 11.7 Å². The van der Waals surface area contributed by atoms with Crippen LogP contribution in [0.2, 0.25) is 0 Å². The fourth-order valence-electron chi connectivity index (χ4n) is 1.18. The number of nitrogens with one attached hydrogen (secondary N) is 1. The molecule has 0 saturated carbocycles. The van der Waals surface area contributed by atoms with Crippen molar-refractivity contribution in [3.63, 3.8) is 0 Å². The zero-order chi connectivity index (χ0) is 9.84. The van der Waals surface area contributed by atoms with Crippen molar-refractivity contribution in [1.29, 1.82) is 0 Å². The van der Waals surface area contributed by atoms with Crippen molar-refractivity contribution in [3.05, 3.63) is 11.9 Å². The number of ether oxygens (including phenoxy) is 1. The summed E-state index contributed by atoms with van der Waals surface area (Å²) in [5.41, 5.74) is 3.42. The molecule has 1 heterocycles. The topological polar surface area (TPSA) is 73.1 Å². The predicted octanol–water partition coefficient (Wildman–Crippen LogP) is 0.894. The van der Waals surface area contributed by atoms with Gasteiger partial charge in [-0.15, -0.1) is 0 Å². The molecule has 0 saturated heterocycles. The summed E-state index contributed by atoms with van der Waals surface area (Å²) in [7, 11) is 1.58. The Labute approximate surface area is 77.3 Å². The molecular weight excluding hydrogens is 168 g/mol. The van der Waals surface area contributed by atoms with Crippen molar-refractivity contribution in [1.82, 2.24) is 9.97 Å². The minimum Gasteiger partial charge on any atom is -0.481 e. The summed E-state index contributed by atoms with van der Waals surface area (Å²) < 4.78 is 5.10. The molecular formula is C8H14N4O. The molecule has 0 amide bonds. The van der Waals surface area contributed by atoms with Crippen LogP contribution in [0.4, 0.5) is 5.82 Å². The first-order chi connectivity index (χ1) is 6.20. The number of hydrogen-bond acceptors (Lipinski definition) is 5. The van der Waals surface area contributed by atoms with E-state index in [9.17, 15) is 0 Å². The van der Waals surface area contributed by atoms with Crippen LogP contribution in [0.5, 0.6) is 5.88 Å². The number of anilines is 1. The van der Waals surface area contributed by atoms with Crippen molar-refractivity contribution in [2.45, 2.75) is 19.8 Å². The monoisotopic (exact) mass is 182 g/mol. The minimum absolute atomic E-state index is 0.266. The number of nitrogens with zero attached hydrogens (tertiary/aromatic N) is 2. The molecule has 72 valence electrons. The summed E-state index contributed by atoms with van der Waals surface area (Å²) in [6.07, 6.45) is 1.42. The first kappa shape index (κ1) is 9.73. The Morgan fingerprint density at radius 3 is 2.62 bits per heavy atom. The van der Waals surface area contributed by atoms with E-state index < -0.39 is 0 Å². The van der Waals surface area contributed by atoms with Gasteiger partial charge < -0.3 is 10.2 Å². The van der Waals surface area contributed by atoms with Crippen molar-refractivity contribution in [2.24, 2.45) is 5.84 Å². The van der Waals surface area contributed by atoms with Gasteiger partial charge in [0.25, 0.3) is 0 Å². The van der Waals surface area contributed by atoms with Gasteiger partial charge in [-0.3, -0.25) is 0 Å². The molecule has 0 fully saturated rings. The van der Waals surface area contributed by atoms with Crippen molar-refractivity contribution in [3.8, 4) is 5.88 Å². The van der Waals surface area contributed by atoms with Crippen LogP contribution < -0.4 is 16.0 Å². The third-order valence-electron chi connectivity index (χ3n) is 1.75. The van der Waals surface area contributed by atoms with Crippen LogP contribution in [0.3, 0.4) is 0 Å². The summed E-state index contributed by atoms with van der Waals surface area (Å²) in [5, 5.41) is 0. The smallest absolute Gasteiger partial charge is 0.221 e. The van der Waals surface area contributed by atoms with E-state index >= 15 is 0 Å². The fraction of sp³-hybridized carbons (Fsp3) is 0.500. The molecule has 1 aromatic rings. The molecule has 13 heavy (non-hydrogen) atoms. The molecule has 0 aliphatic rings.